The van der Waals surface area contributed by atoms with Gasteiger partial charge < -0.3 is 10.1 Å². The molecular weight excluding hydrogens is 318 g/mol. The molecule has 0 unspecified atom stereocenters. The summed E-state index contributed by atoms with van der Waals surface area (Å²) in [5.41, 5.74) is 3.23. The molecule has 0 radical (unpaired) electrons. The molecule has 2 fully saturated rings. The summed E-state index contributed by atoms with van der Waals surface area (Å²) in [5.74, 6) is 1.01. The van der Waals surface area contributed by atoms with Crippen molar-refractivity contribution < 1.29 is 14.3 Å². The first-order chi connectivity index (χ1) is 12.1. The maximum Gasteiger partial charge on any atom is 0.414 e. The van der Waals surface area contributed by atoms with Gasteiger partial charge in [-0.2, -0.15) is 5.26 Å². The molecule has 1 aromatic rings. The lowest BCUT2D eigenvalue weighted by atomic mass is 10.0. The first kappa shape index (κ1) is 15.7. The number of fused-ring (bicyclic) bond motifs is 1. The molecule has 6 heteroatoms. The van der Waals surface area contributed by atoms with Crippen molar-refractivity contribution in [3.8, 4) is 6.07 Å². The summed E-state index contributed by atoms with van der Waals surface area (Å²) in [6.45, 7) is 2.19. The number of ether oxygens (including phenoxy) is 1. The van der Waals surface area contributed by atoms with Gasteiger partial charge >= 0.3 is 6.09 Å². The molecule has 1 saturated heterocycles. The Morgan fingerprint density at radius 1 is 1.40 bits per heavy atom. The quantitative estimate of drug-likeness (QED) is 0.914. The second-order valence-electron chi connectivity index (χ2n) is 6.89. The Labute approximate surface area is 146 Å². The van der Waals surface area contributed by atoms with Crippen LogP contribution in [-0.2, 0) is 9.53 Å². The highest BCUT2D eigenvalue weighted by molar-refractivity contribution is 5.90. The van der Waals surface area contributed by atoms with Crippen molar-refractivity contribution in [3.05, 3.63) is 35.9 Å². The van der Waals surface area contributed by atoms with Gasteiger partial charge in [-0.3, -0.25) is 9.69 Å². The van der Waals surface area contributed by atoms with Crippen LogP contribution < -0.4 is 10.2 Å². The van der Waals surface area contributed by atoms with E-state index in [0.717, 1.165) is 17.7 Å². The molecule has 6 nitrogen and oxygen atoms in total. The number of amides is 2. The first-order valence-electron chi connectivity index (χ1n) is 8.50. The average molecular weight is 337 g/mol. The number of cyclic esters (lactones) is 1. The Morgan fingerprint density at radius 2 is 2.16 bits per heavy atom. The zero-order valence-corrected chi connectivity index (χ0v) is 13.9. The molecule has 3 aliphatic rings. The number of nitrogens with one attached hydrogen (secondary N) is 1. The van der Waals surface area contributed by atoms with Crippen LogP contribution in [0.3, 0.4) is 0 Å². The molecule has 4 atom stereocenters. The number of hydrogen-bond donors (Lipinski definition) is 1. The van der Waals surface area contributed by atoms with Crippen molar-refractivity contribution in [2.24, 2.45) is 17.8 Å². The van der Waals surface area contributed by atoms with Gasteiger partial charge in [-0.1, -0.05) is 18.2 Å². The SMILES string of the molecule is CC(=O)NC[C@H]1CN(c2ccc(C3=C[C@H]4[C@@H](C#N)[C@H]4C3)cc2)C(=O)O1. The number of allylic oxidation sites excluding steroid dienone is 2. The molecule has 0 bridgehead atoms. The highest BCUT2D eigenvalue weighted by Crippen LogP contribution is 2.57. The standard InChI is InChI=1S/C19H19N3O3/c1-11(23)21-9-15-10-22(19(24)25-15)14-4-2-12(3-5-14)13-6-16-17(7-13)18(16)8-20/h2-6,15-18H,7,9-10H2,1H3,(H,21,23)/t15-,16+,17-,18+/m0/s1. The number of rotatable bonds is 4. The van der Waals surface area contributed by atoms with Crippen molar-refractivity contribution in [1.82, 2.24) is 5.32 Å². The Balaban J connectivity index is 1.41. The summed E-state index contributed by atoms with van der Waals surface area (Å²) >= 11 is 0. The summed E-state index contributed by atoms with van der Waals surface area (Å²) in [6.07, 6.45) is 2.47. The number of anilines is 1. The second kappa shape index (κ2) is 5.92. The van der Waals surface area contributed by atoms with Gasteiger partial charge in [-0.15, -0.1) is 0 Å². The zero-order chi connectivity index (χ0) is 17.6. The molecule has 4 rings (SSSR count). The van der Waals surface area contributed by atoms with Gasteiger partial charge in [0.05, 0.1) is 25.1 Å². The molecule has 2 amide bonds. The van der Waals surface area contributed by atoms with E-state index in [2.05, 4.69) is 17.5 Å². The number of nitriles is 1. The maximum absolute atomic E-state index is 12.0. The lowest BCUT2D eigenvalue weighted by molar-refractivity contribution is -0.119. The monoisotopic (exact) mass is 337 g/mol. The molecule has 1 aliphatic heterocycles. The summed E-state index contributed by atoms with van der Waals surface area (Å²) in [7, 11) is 0. The molecule has 1 saturated carbocycles. The first-order valence-corrected chi connectivity index (χ1v) is 8.50. The van der Waals surface area contributed by atoms with E-state index < -0.39 is 0 Å². The van der Waals surface area contributed by atoms with E-state index in [0.29, 0.717) is 24.9 Å². The van der Waals surface area contributed by atoms with E-state index in [9.17, 15) is 9.59 Å². The summed E-state index contributed by atoms with van der Waals surface area (Å²) < 4.78 is 5.28. The summed E-state index contributed by atoms with van der Waals surface area (Å²) in [4.78, 5) is 24.6. The van der Waals surface area contributed by atoms with Crippen molar-refractivity contribution in [1.29, 1.82) is 5.26 Å². The third-order valence-corrected chi connectivity index (χ3v) is 5.23. The number of carbonyl (C=O) groups is 2. The van der Waals surface area contributed by atoms with Crippen LogP contribution >= 0.6 is 0 Å². The van der Waals surface area contributed by atoms with Crippen LogP contribution in [0.1, 0.15) is 18.9 Å². The normalized spacial score (nSPS) is 29.5. The largest absolute Gasteiger partial charge is 0.442 e. The second-order valence-corrected chi connectivity index (χ2v) is 6.89. The minimum Gasteiger partial charge on any atom is -0.442 e. The van der Waals surface area contributed by atoms with Gasteiger partial charge in [-0.05, 0) is 41.5 Å². The van der Waals surface area contributed by atoms with E-state index in [-0.39, 0.29) is 24.0 Å². The predicted molar refractivity (Wildman–Crippen MR) is 91.4 cm³/mol. The van der Waals surface area contributed by atoms with Crippen LogP contribution in [0.25, 0.3) is 5.57 Å². The fraction of sp³-hybridized carbons (Fsp3) is 0.421. The lowest BCUT2D eigenvalue weighted by Gasteiger charge is -2.14. The van der Waals surface area contributed by atoms with E-state index in [4.69, 9.17) is 10.00 Å². The molecule has 128 valence electrons. The maximum atomic E-state index is 12.0. The fourth-order valence-corrected chi connectivity index (χ4v) is 3.79. The van der Waals surface area contributed by atoms with Crippen molar-refractivity contribution in [2.45, 2.75) is 19.4 Å². The Kier molecular flexibility index (Phi) is 3.72. The fourth-order valence-electron chi connectivity index (χ4n) is 3.79. The van der Waals surface area contributed by atoms with Gasteiger partial charge in [0, 0.05) is 12.6 Å². The average Bonchev–Trinajstić information content (AvgIpc) is 2.94. The minimum absolute atomic E-state index is 0.139. The third kappa shape index (κ3) is 2.86. The molecule has 25 heavy (non-hydrogen) atoms. The third-order valence-electron chi connectivity index (χ3n) is 5.23. The minimum atomic E-state index is -0.388. The molecule has 0 spiro atoms. The summed E-state index contributed by atoms with van der Waals surface area (Å²) in [6, 6.07) is 10.2. The number of hydrogen-bond acceptors (Lipinski definition) is 4. The molecule has 2 aliphatic carbocycles. The lowest BCUT2D eigenvalue weighted by Crippen LogP contribution is -2.33. The Hall–Kier alpha value is -2.81. The highest BCUT2D eigenvalue weighted by Gasteiger charge is 2.52. The van der Waals surface area contributed by atoms with Gasteiger partial charge in [0.25, 0.3) is 0 Å². The zero-order valence-electron chi connectivity index (χ0n) is 13.9. The van der Waals surface area contributed by atoms with Gasteiger partial charge in [-0.25, -0.2) is 4.79 Å². The summed E-state index contributed by atoms with van der Waals surface area (Å²) in [5, 5.41) is 11.7. The van der Waals surface area contributed by atoms with Gasteiger partial charge in [0.15, 0.2) is 0 Å². The van der Waals surface area contributed by atoms with Gasteiger partial charge in [0.1, 0.15) is 6.10 Å². The van der Waals surface area contributed by atoms with Crippen molar-refractivity contribution in [3.63, 3.8) is 0 Å². The molecule has 1 heterocycles. The van der Waals surface area contributed by atoms with Crippen LogP contribution in [0.5, 0.6) is 0 Å². The highest BCUT2D eigenvalue weighted by atomic mass is 16.6. The topological polar surface area (TPSA) is 82.4 Å². The predicted octanol–water partition coefficient (Wildman–Crippen LogP) is 2.32. The van der Waals surface area contributed by atoms with Crippen LogP contribution in [0.2, 0.25) is 0 Å². The van der Waals surface area contributed by atoms with Gasteiger partial charge in [0.2, 0.25) is 5.91 Å². The molecule has 1 N–H and O–H groups in total. The van der Waals surface area contributed by atoms with Crippen LogP contribution in [0, 0.1) is 29.1 Å². The van der Waals surface area contributed by atoms with E-state index in [1.165, 1.54) is 12.5 Å². The van der Waals surface area contributed by atoms with E-state index in [1.54, 1.807) is 4.90 Å². The molecule has 0 aromatic heterocycles. The number of nitrogens with zero attached hydrogens (tertiary/aromatic N) is 2. The van der Waals surface area contributed by atoms with Crippen LogP contribution in [0.15, 0.2) is 30.3 Å². The Morgan fingerprint density at radius 3 is 2.76 bits per heavy atom. The van der Waals surface area contributed by atoms with E-state index in [1.807, 2.05) is 24.3 Å². The number of carbonyl (C=O) groups excluding carboxylic acids is 2. The van der Waals surface area contributed by atoms with Crippen LogP contribution in [0.4, 0.5) is 10.5 Å². The van der Waals surface area contributed by atoms with Crippen LogP contribution in [-0.4, -0.2) is 31.2 Å². The molecular formula is C19H19N3O3. The number of benzene rings is 1. The Bertz CT molecular complexity index is 793. The van der Waals surface area contributed by atoms with Crippen molar-refractivity contribution >= 4 is 23.3 Å². The smallest absolute Gasteiger partial charge is 0.414 e. The molecule has 1 aromatic carbocycles. The van der Waals surface area contributed by atoms with E-state index >= 15 is 0 Å². The van der Waals surface area contributed by atoms with Crippen molar-refractivity contribution in [2.75, 3.05) is 18.0 Å².